The van der Waals surface area contributed by atoms with E-state index in [1.165, 1.54) is 0 Å². The molecule has 30 heavy (non-hydrogen) atoms. The number of piperidine rings is 2. The fraction of sp³-hybridized carbons (Fsp3) is 0.636. The van der Waals surface area contributed by atoms with Crippen LogP contribution in [0.1, 0.15) is 57.4 Å². The number of nitrogens with one attached hydrogen (secondary N) is 1. The van der Waals surface area contributed by atoms with E-state index in [2.05, 4.69) is 5.32 Å². The Bertz CT molecular complexity index is 832. The van der Waals surface area contributed by atoms with E-state index in [4.69, 9.17) is 0 Å². The molecule has 2 aliphatic rings. The van der Waals surface area contributed by atoms with Crippen molar-refractivity contribution in [3.8, 4) is 0 Å². The number of amides is 2. The van der Waals surface area contributed by atoms with Gasteiger partial charge in [-0.3, -0.25) is 9.59 Å². The number of carbonyl (C=O) groups excluding carboxylic acids is 2. The van der Waals surface area contributed by atoms with Gasteiger partial charge in [-0.05, 0) is 49.8 Å². The Morgan fingerprint density at radius 2 is 1.73 bits per heavy atom. The van der Waals surface area contributed by atoms with Crippen LogP contribution < -0.4 is 5.32 Å². The summed E-state index contributed by atoms with van der Waals surface area (Å²) in [4.78, 5) is 26.4. The molecule has 0 bridgehead atoms. The predicted molar refractivity (Wildman–Crippen MR) is 115 cm³/mol. The summed E-state index contributed by atoms with van der Waals surface area (Å²) >= 11 is 0. The van der Waals surface area contributed by atoms with E-state index in [0.29, 0.717) is 43.8 Å². The number of hydrogen-bond donors (Lipinski definition) is 1. The highest BCUT2D eigenvalue weighted by atomic mass is 32.2. The number of rotatable bonds is 7. The van der Waals surface area contributed by atoms with E-state index >= 15 is 0 Å². The minimum atomic E-state index is -3.42. The maximum atomic E-state index is 12.7. The number of likely N-dealkylation sites (tertiary alicyclic amines) is 1. The Hall–Kier alpha value is -1.93. The van der Waals surface area contributed by atoms with Crippen molar-refractivity contribution >= 4 is 21.8 Å². The van der Waals surface area contributed by atoms with Crippen LogP contribution in [0.4, 0.5) is 0 Å². The second kappa shape index (κ2) is 10.4. The van der Waals surface area contributed by atoms with Crippen molar-refractivity contribution in [3.05, 3.63) is 29.8 Å². The Balaban J connectivity index is 1.52. The minimum Gasteiger partial charge on any atom is -0.352 e. The quantitative estimate of drug-likeness (QED) is 0.712. The van der Waals surface area contributed by atoms with Crippen LogP contribution in [-0.2, 0) is 26.0 Å². The molecule has 2 saturated heterocycles. The number of sulfonamides is 1. The maximum absolute atomic E-state index is 12.7. The molecule has 2 amide bonds. The van der Waals surface area contributed by atoms with Gasteiger partial charge in [0.2, 0.25) is 21.8 Å². The van der Waals surface area contributed by atoms with Gasteiger partial charge < -0.3 is 10.2 Å². The van der Waals surface area contributed by atoms with Crippen molar-refractivity contribution in [2.75, 3.05) is 26.2 Å². The van der Waals surface area contributed by atoms with Crippen LogP contribution >= 0.6 is 0 Å². The second-order valence-electron chi connectivity index (χ2n) is 8.21. The molecule has 0 radical (unpaired) electrons. The van der Waals surface area contributed by atoms with Gasteiger partial charge in [-0.2, -0.15) is 4.31 Å². The zero-order valence-electron chi connectivity index (χ0n) is 17.8. The Morgan fingerprint density at radius 1 is 1.03 bits per heavy atom. The summed E-state index contributed by atoms with van der Waals surface area (Å²) < 4.78 is 27.0. The fourth-order valence-corrected chi connectivity index (χ4v) is 5.66. The summed E-state index contributed by atoms with van der Waals surface area (Å²) in [6, 6.07) is 6.96. The minimum absolute atomic E-state index is 0.0221. The molecule has 1 N–H and O–H groups in total. The van der Waals surface area contributed by atoms with E-state index in [-0.39, 0.29) is 17.9 Å². The van der Waals surface area contributed by atoms with Crippen molar-refractivity contribution in [2.45, 2.75) is 69.2 Å². The summed E-state index contributed by atoms with van der Waals surface area (Å²) in [7, 11) is -3.42. The molecule has 7 nitrogen and oxygen atoms in total. The molecule has 0 aliphatic carbocycles. The lowest BCUT2D eigenvalue weighted by atomic mass is 10.0. The van der Waals surface area contributed by atoms with Gasteiger partial charge in [0.15, 0.2) is 0 Å². The Labute approximate surface area is 179 Å². The van der Waals surface area contributed by atoms with Crippen LogP contribution in [0.25, 0.3) is 0 Å². The fourth-order valence-electron chi connectivity index (χ4n) is 4.14. The normalized spacial score (nSPS) is 20.7. The van der Waals surface area contributed by atoms with Gasteiger partial charge in [-0.25, -0.2) is 8.42 Å². The molecule has 2 fully saturated rings. The SMILES string of the molecule is CCC(=O)NC1CCCN(C(=O)CCc2ccc(S(=O)(=O)N3CCCCC3)cc2)C1. The molecule has 0 spiro atoms. The number of benzene rings is 1. The smallest absolute Gasteiger partial charge is 0.243 e. The van der Waals surface area contributed by atoms with Crippen LogP contribution in [0.5, 0.6) is 0 Å². The third-order valence-electron chi connectivity index (χ3n) is 5.96. The third-order valence-corrected chi connectivity index (χ3v) is 7.88. The van der Waals surface area contributed by atoms with E-state index < -0.39 is 10.0 Å². The van der Waals surface area contributed by atoms with Crippen molar-refractivity contribution in [1.82, 2.24) is 14.5 Å². The molecule has 8 heteroatoms. The van der Waals surface area contributed by atoms with Crippen LogP contribution in [0.2, 0.25) is 0 Å². The topological polar surface area (TPSA) is 86.8 Å². The molecule has 1 unspecified atom stereocenters. The van der Waals surface area contributed by atoms with Gasteiger partial charge >= 0.3 is 0 Å². The number of carbonyl (C=O) groups is 2. The highest BCUT2D eigenvalue weighted by Crippen LogP contribution is 2.21. The van der Waals surface area contributed by atoms with Crippen LogP contribution in [0, 0.1) is 0 Å². The average molecular weight is 436 g/mol. The van der Waals surface area contributed by atoms with Gasteiger partial charge in [0.1, 0.15) is 0 Å². The molecular formula is C22H33N3O4S. The highest BCUT2D eigenvalue weighted by Gasteiger charge is 2.26. The average Bonchev–Trinajstić information content (AvgIpc) is 2.78. The maximum Gasteiger partial charge on any atom is 0.243 e. The molecule has 166 valence electrons. The third kappa shape index (κ3) is 5.82. The van der Waals surface area contributed by atoms with Crippen LogP contribution in [0.3, 0.4) is 0 Å². The molecule has 3 rings (SSSR count). The molecule has 2 aliphatic heterocycles. The first-order valence-electron chi connectivity index (χ1n) is 11.1. The van der Waals surface area contributed by atoms with Crippen molar-refractivity contribution in [3.63, 3.8) is 0 Å². The molecule has 0 aromatic heterocycles. The Kier molecular flexibility index (Phi) is 7.88. The van der Waals surface area contributed by atoms with Crippen LogP contribution in [-0.4, -0.2) is 61.7 Å². The van der Waals surface area contributed by atoms with E-state index in [1.807, 2.05) is 24.0 Å². The highest BCUT2D eigenvalue weighted by molar-refractivity contribution is 7.89. The zero-order chi connectivity index (χ0) is 21.6. The van der Waals surface area contributed by atoms with Gasteiger partial charge in [0.05, 0.1) is 4.90 Å². The summed E-state index contributed by atoms with van der Waals surface area (Å²) in [6.07, 6.45) is 6.12. The standard InChI is InChI=1S/C22H33N3O4S/c1-2-21(26)23-19-7-6-14-24(17-19)22(27)13-10-18-8-11-20(12-9-18)30(28,29)25-15-4-3-5-16-25/h8-9,11-12,19H,2-7,10,13-17H2,1H3,(H,23,26). The van der Waals surface area contributed by atoms with Crippen molar-refractivity contribution < 1.29 is 18.0 Å². The van der Waals surface area contributed by atoms with Gasteiger partial charge in [0, 0.05) is 45.1 Å². The second-order valence-corrected chi connectivity index (χ2v) is 10.1. The van der Waals surface area contributed by atoms with E-state index in [1.54, 1.807) is 16.4 Å². The summed E-state index contributed by atoms with van der Waals surface area (Å²) in [5.74, 6) is 0.101. The summed E-state index contributed by atoms with van der Waals surface area (Å²) in [6.45, 7) is 4.30. The first-order valence-corrected chi connectivity index (χ1v) is 12.5. The van der Waals surface area contributed by atoms with E-state index in [9.17, 15) is 18.0 Å². The summed E-state index contributed by atoms with van der Waals surface area (Å²) in [5, 5.41) is 2.98. The molecule has 0 saturated carbocycles. The first-order chi connectivity index (χ1) is 14.4. The largest absolute Gasteiger partial charge is 0.352 e. The predicted octanol–water partition coefficient (Wildman–Crippen LogP) is 2.31. The monoisotopic (exact) mass is 435 g/mol. The van der Waals surface area contributed by atoms with Gasteiger partial charge in [-0.15, -0.1) is 0 Å². The van der Waals surface area contributed by atoms with Gasteiger partial charge in [0.25, 0.3) is 0 Å². The zero-order valence-corrected chi connectivity index (χ0v) is 18.6. The summed E-state index contributed by atoms with van der Waals surface area (Å²) in [5.41, 5.74) is 0.953. The van der Waals surface area contributed by atoms with Crippen LogP contribution in [0.15, 0.2) is 29.2 Å². The van der Waals surface area contributed by atoms with E-state index in [0.717, 1.165) is 44.2 Å². The lowest BCUT2D eigenvalue weighted by molar-refractivity contribution is -0.133. The Morgan fingerprint density at radius 3 is 2.40 bits per heavy atom. The first kappa shape index (κ1) is 22.7. The molecule has 1 atom stereocenters. The molecular weight excluding hydrogens is 402 g/mol. The number of nitrogens with zero attached hydrogens (tertiary/aromatic N) is 2. The lowest BCUT2D eigenvalue weighted by Gasteiger charge is -2.33. The van der Waals surface area contributed by atoms with Crippen molar-refractivity contribution in [1.29, 1.82) is 0 Å². The molecule has 2 heterocycles. The lowest BCUT2D eigenvalue weighted by Crippen LogP contribution is -2.49. The number of hydrogen-bond acceptors (Lipinski definition) is 4. The molecule has 1 aromatic rings. The molecule has 1 aromatic carbocycles. The number of aryl methyl sites for hydroxylation is 1. The van der Waals surface area contributed by atoms with Gasteiger partial charge in [-0.1, -0.05) is 25.5 Å². The van der Waals surface area contributed by atoms with Crippen molar-refractivity contribution in [2.24, 2.45) is 0 Å².